The molecule has 69 heavy (non-hydrogen) atoms. The lowest BCUT2D eigenvalue weighted by Crippen LogP contribution is -2.34. The lowest BCUT2D eigenvalue weighted by molar-refractivity contribution is -0.144. The number of rotatable bonds is 47. The Morgan fingerprint density at radius 2 is 1.19 bits per heavy atom. The van der Waals surface area contributed by atoms with Gasteiger partial charge in [0.15, 0.2) is 5.78 Å². The summed E-state index contributed by atoms with van der Waals surface area (Å²) >= 11 is 0. The monoisotopic (exact) mass is 964 g/mol. The van der Waals surface area contributed by atoms with E-state index in [0.717, 1.165) is 128 Å². The Bertz CT molecular complexity index is 1310. The summed E-state index contributed by atoms with van der Waals surface area (Å²) in [6.45, 7) is 22.5. The summed E-state index contributed by atoms with van der Waals surface area (Å²) in [5.74, 6) is 3.61. The molecule has 0 radical (unpaired) electrons. The van der Waals surface area contributed by atoms with Crippen molar-refractivity contribution >= 4 is 11.8 Å². The average Bonchev–Trinajstić information content (AvgIpc) is 3.62. The lowest BCUT2D eigenvalue weighted by atomic mass is 9.90. The SMILES string of the molecule is C=C=C(CCCCCCCN1C[C@@H](/C=C\C(=O)CC2CCCCCC2=C)C[C@H]1COCCCCCCCC(=O)OCCCC(CCCCC)CCCCC)OCCCC(CCCCC)CCCCC. The zero-order valence-electron chi connectivity index (χ0n) is 46.3. The molecule has 0 amide bonds. The molecule has 0 spiro atoms. The van der Waals surface area contributed by atoms with Gasteiger partial charge < -0.3 is 14.2 Å². The Morgan fingerprint density at radius 1 is 0.638 bits per heavy atom. The van der Waals surface area contributed by atoms with Gasteiger partial charge in [-0.25, -0.2) is 0 Å². The molecular weight excluding hydrogens is 851 g/mol. The number of carbonyl (C=O) groups is 2. The normalized spacial score (nSPS) is 17.8. The van der Waals surface area contributed by atoms with Crippen LogP contribution in [0.25, 0.3) is 0 Å². The van der Waals surface area contributed by atoms with Gasteiger partial charge in [0, 0.05) is 38.5 Å². The van der Waals surface area contributed by atoms with E-state index in [0.29, 0.717) is 37.3 Å². The number of nitrogens with zero attached hydrogens (tertiary/aromatic N) is 1. The molecule has 6 nitrogen and oxygen atoms in total. The maximum atomic E-state index is 13.1. The van der Waals surface area contributed by atoms with Gasteiger partial charge in [0.1, 0.15) is 5.76 Å². The van der Waals surface area contributed by atoms with E-state index in [2.05, 4.69) is 57.6 Å². The fourth-order valence-corrected chi connectivity index (χ4v) is 11.1. The number of ether oxygens (including phenoxy) is 3. The molecule has 0 bridgehead atoms. The minimum absolute atomic E-state index is 0.0175. The summed E-state index contributed by atoms with van der Waals surface area (Å²) in [5.41, 5.74) is 4.39. The second-order valence-corrected chi connectivity index (χ2v) is 21.9. The first kappa shape index (κ1) is 63.0. The molecule has 1 saturated carbocycles. The summed E-state index contributed by atoms with van der Waals surface area (Å²) in [5, 5.41) is 0. The van der Waals surface area contributed by atoms with Crippen LogP contribution < -0.4 is 0 Å². The van der Waals surface area contributed by atoms with Gasteiger partial charge in [0.25, 0.3) is 0 Å². The van der Waals surface area contributed by atoms with Crippen LogP contribution in [0.1, 0.15) is 278 Å². The van der Waals surface area contributed by atoms with Crippen LogP contribution >= 0.6 is 0 Å². The molecule has 2 rings (SSSR count). The highest BCUT2D eigenvalue weighted by atomic mass is 16.5. The van der Waals surface area contributed by atoms with Crippen LogP contribution in [-0.2, 0) is 23.8 Å². The highest BCUT2D eigenvalue weighted by molar-refractivity contribution is 5.90. The average molecular weight is 965 g/mol. The van der Waals surface area contributed by atoms with Gasteiger partial charge in [-0.15, -0.1) is 0 Å². The third-order valence-electron chi connectivity index (χ3n) is 15.6. The first-order valence-corrected chi connectivity index (χ1v) is 30.2. The molecule has 1 aliphatic carbocycles. The van der Waals surface area contributed by atoms with E-state index in [-0.39, 0.29) is 11.8 Å². The molecule has 0 aromatic rings. The summed E-state index contributed by atoms with van der Waals surface area (Å²) in [4.78, 5) is 28.2. The van der Waals surface area contributed by atoms with Crippen LogP contribution in [0.15, 0.2) is 42.4 Å². The Kier molecular flexibility index (Phi) is 40.7. The van der Waals surface area contributed by atoms with Crippen LogP contribution in [0.4, 0.5) is 0 Å². The fourth-order valence-electron chi connectivity index (χ4n) is 11.1. The summed E-state index contributed by atoms with van der Waals surface area (Å²) < 4.78 is 18.2. The molecule has 0 aromatic carbocycles. The number of hydrogen-bond donors (Lipinski definition) is 0. The fraction of sp³-hybridized carbons (Fsp3) is 0.857. The number of ketones is 1. The predicted molar refractivity (Wildman–Crippen MR) is 296 cm³/mol. The minimum atomic E-state index is -0.0175. The molecule has 1 heterocycles. The van der Waals surface area contributed by atoms with Crippen molar-refractivity contribution in [3.63, 3.8) is 0 Å². The predicted octanol–water partition coefficient (Wildman–Crippen LogP) is 18.4. The van der Waals surface area contributed by atoms with E-state index in [4.69, 9.17) is 14.2 Å². The van der Waals surface area contributed by atoms with Gasteiger partial charge in [-0.2, -0.15) is 0 Å². The molecule has 0 N–H and O–H groups in total. The van der Waals surface area contributed by atoms with E-state index in [9.17, 15) is 9.59 Å². The molecule has 1 aliphatic heterocycles. The summed E-state index contributed by atoms with van der Waals surface area (Å²) in [7, 11) is 0. The molecule has 400 valence electrons. The standard InChI is InChI=1S/C63H113NO5/c1-7-12-23-36-56(37-24-13-8-2)40-33-49-68-62(11-5)43-29-18-16-20-31-47-64-53-58(45-46-61(65)52-59-42-28-22-27-35-55(59)6)51-60(64)54-67-48-32-21-17-19-30-44-63(66)69-50-34-41-57(38-25-14-9-3)39-26-15-10-4/h45-46,56-60H,5-10,12-44,47-54H2,1-4H3/b46-45-/t58-,59?,60-/m0/s1. The maximum absolute atomic E-state index is 13.1. The smallest absolute Gasteiger partial charge is 0.305 e. The number of esters is 1. The maximum Gasteiger partial charge on any atom is 0.305 e. The van der Waals surface area contributed by atoms with Crippen LogP contribution in [-0.4, -0.2) is 62.2 Å². The molecule has 2 aliphatic rings. The van der Waals surface area contributed by atoms with Crippen molar-refractivity contribution in [2.24, 2.45) is 23.7 Å². The van der Waals surface area contributed by atoms with Crippen LogP contribution in [0.5, 0.6) is 0 Å². The minimum Gasteiger partial charge on any atom is -0.490 e. The topological polar surface area (TPSA) is 65.1 Å². The van der Waals surface area contributed by atoms with E-state index in [1.54, 1.807) is 0 Å². The van der Waals surface area contributed by atoms with Crippen molar-refractivity contribution in [2.75, 3.05) is 39.5 Å². The number of hydrogen-bond acceptors (Lipinski definition) is 6. The van der Waals surface area contributed by atoms with E-state index >= 15 is 0 Å². The largest absolute Gasteiger partial charge is 0.490 e. The Labute approximate surface area is 428 Å². The van der Waals surface area contributed by atoms with Crippen LogP contribution in [0, 0.1) is 23.7 Å². The van der Waals surface area contributed by atoms with Crippen LogP contribution in [0.3, 0.4) is 0 Å². The Hall–Kier alpha value is -2.14. The number of allylic oxidation sites excluding steroid dienone is 3. The van der Waals surface area contributed by atoms with E-state index < -0.39 is 0 Å². The van der Waals surface area contributed by atoms with Crippen molar-refractivity contribution in [2.45, 2.75) is 284 Å². The first-order valence-electron chi connectivity index (χ1n) is 30.2. The molecule has 0 aromatic heterocycles. The quantitative estimate of drug-likeness (QED) is 0.0115. The van der Waals surface area contributed by atoms with Gasteiger partial charge >= 0.3 is 5.97 Å². The van der Waals surface area contributed by atoms with Gasteiger partial charge in [-0.1, -0.05) is 212 Å². The second-order valence-electron chi connectivity index (χ2n) is 21.9. The Balaban J connectivity index is 1.69. The van der Waals surface area contributed by atoms with Crippen molar-refractivity contribution in [1.29, 1.82) is 0 Å². The van der Waals surface area contributed by atoms with Crippen molar-refractivity contribution < 1.29 is 23.8 Å². The third-order valence-corrected chi connectivity index (χ3v) is 15.6. The molecule has 3 atom stereocenters. The summed E-state index contributed by atoms with van der Waals surface area (Å²) in [6.07, 6.45) is 50.6. The lowest BCUT2D eigenvalue weighted by Gasteiger charge is -2.24. The molecule has 2 fully saturated rings. The highest BCUT2D eigenvalue weighted by Gasteiger charge is 2.30. The van der Waals surface area contributed by atoms with E-state index in [1.165, 1.54) is 166 Å². The third kappa shape index (κ3) is 34.0. The van der Waals surface area contributed by atoms with Gasteiger partial charge in [-0.05, 0) is 113 Å². The zero-order chi connectivity index (χ0) is 49.8. The molecule has 6 heteroatoms. The van der Waals surface area contributed by atoms with Crippen molar-refractivity contribution in [3.05, 3.63) is 42.4 Å². The number of unbranched alkanes of at least 4 members (excludes halogenated alkanes) is 16. The number of carbonyl (C=O) groups excluding carboxylic acids is 2. The molecule has 1 unspecified atom stereocenters. The summed E-state index contributed by atoms with van der Waals surface area (Å²) in [6, 6.07) is 0.399. The van der Waals surface area contributed by atoms with Crippen LogP contribution in [0.2, 0.25) is 0 Å². The number of likely N-dealkylation sites (tertiary alicyclic amines) is 1. The molecule has 1 saturated heterocycles. The molecular formula is C63H113NO5. The van der Waals surface area contributed by atoms with E-state index in [1.807, 2.05) is 6.08 Å². The Morgan fingerprint density at radius 3 is 1.80 bits per heavy atom. The zero-order valence-corrected chi connectivity index (χ0v) is 46.3. The van der Waals surface area contributed by atoms with Crippen molar-refractivity contribution in [1.82, 2.24) is 4.90 Å². The van der Waals surface area contributed by atoms with Gasteiger partial charge in [0.2, 0.25) is 0 Å². The first-order chi connectivity index (χ1) is 33.8. The van der Waals surface area contributed by atoms with Gasteiger partial charge in [-0.3, -0.25) is 14.5 Å². The highest BCUT2D eigenvalue weighted by Crippen LogP contribution is 2.31. The van der Waals surface area contributed by atoms with Crippen molar-refractivity contribution in [3.8, 4) is 0 Å². The second kappa shape index (κ2) is 44.6. The van der Waals surface area contributed by atoms with Gasteiger partial charge in [0.05, 0.1) is 19.8 Å².